The van der Waals surface area contributed by atoms with Crippen molar-refractivity contribution in [2.45, 2.75) is 25.3 Å². The number of hydrogen-bond donors (Lipinski definition) is 1. The fourth-order valence-corrected chi connectivity index (χ4v) is 3.28. The summed E-state index contributed by atoms with van der Waals surface area (Å²) in [5, 5.41) is 8.95. The van der Waals surface area contributed by atoms with Gasteiger partial charge in [-0.15, -0.1) is 11.8 Å². The molecule has 2 rings (SSSR count). The zero-order chi connectivity index (χ0) is 11.7. The quantitative estimate of drug-likeness (QED) is 0.757. The van der Waals surface area contributed by atoms with Crippen molar-refractivity contribution in [2.24, 2.45) is 5.92 Å². The van der Waals surface area contributed by atoms with E-state index in [1.807, 2.05) is 0 Å². The molecular formula is C10H13NO4S. The second-order valence-electron chi connectivity index (χ2n) is 4.14. The van der Waals surface area contributed by atoms with E-state index in [0.717, 1.165) is 0 Å². The van der Waals surface area contributed by atoms with Crippen LogP contribution in [0.3, 0.4) is 0 Å². The number of Topliss-reactive ketones (excluding diaryl/α,β-unsaturated/α-hetero) is 1. The molecule has 0 aromatic carbocycles. The predicted molar refractivity (Wildman–Crippen MR) is 57.9 cm³/mol. The highest BCUT2D eigenvalue weighted by Gasteiger charge is 2.39. The van der Waals surface area contributed by atoms with Crippen molar-refractivity contribution in [3.63, 3.8) is 0 Å². The van der Waals surface area contributed by atoms with E-state index in [2.05, 4.69) is 0 Å². The summed E-state index contributed by atoms with van der Waals surface area (Å²) in [5.74, 6) is -0.418. The molecule has 1 saturated carbocycles. The monoisotopic (exact) mass is 243 g/mol. The van der Waals surface area contributed by atoms with Crippen LogP contribution in [0.4, 0.5) is 0 Å². The minimum atomic E-state index is -0.956. The Morgan fingerprint density at radius 1 is 1.44 bits per heavy atom. The van der Waals surface area contributed by atoms with Gasteiger partial charge >= 0.3 is 5.97 Å². The first kappa shape index (κ1) is 11.4. The highest BCUT2D eigenvalue weighted by molar-refractivity contribution is 7.99. The summed E-state index contributed by atoms with van der Waals surface area (Å²) in [6.07, 6.45) is 1.31. The van der Waals surface area contributed by atoms with Crippen LogP contribution in [0.2, 0.25) is 0 Å². The average Bonchev–Trinajstić information content (AvgIpc) is 2.84. The van der Waals surface area contributed by atoms with E-state index in [1.165, 1.54) is 16.7 Å². The number of nitrogens with zero attached hydrogens (tertiary/aromatic N) is 1. The SMILES string of the molecule is O=C1CC[C@@H](C(=O)N2CSC[C@H]2C(=O)O)C1. The zero-order valence-electron chi connectivity index (χ0n) is 8.72. The third kappa shape index (κ3) is 2.07. The molecule has 0 aromatic heterocycles. The van der Waals surface area contributed by atoms with Gasteiger partial charge in [0.15, 0.2) is 0 Å². The first-order valence-corrected chi connectivity index (χ1v) is 6.38. The second-order valence-corrected chi connectivity index (χ2v) is 5.14. The maximum Gasteiger partial charge on any atom is 0.327 e. The molecule has 5 nitrogen and oxygen atoms in total. The molecule has 0 bridgehead atoms. The Hall–Kier alpha value is -1.04. The highest BCUT2D eigenvalue weighted by atomic mass is 32.2. The van der Waals surface area contributed by atoms with Crippen LogP contribution in [0.25, 0.3) is 0 Å². The van der Waals surface area contributed by atoms with Gasteiger partial charge in [-0.05, 0) is 6.42 Å². The van der Waals surface area contributed by atoms with Gasteiger partial charge in [-0.1, -0.05) is 0 Å². The van der Waals surface area contributed by atoms with Crippen molar-refractivity contribution in [1.82, 2.24) is 4.90 Å². The molecule has 16 heavy (non-hydrogen) atoms. The van der Waals surface area contributed by atoms with Crippen LogP contribution in [0, 0.1) is 5.92 Å². The van der Waals surface area contributed by atoms with Gasteiger partial charge in [-0.3, -0.25) is 9.59 Å². The van der Waals surface area contributed by atoms with E-state index >= 15 is 0 Å². The Morgan fingerprint density at radius 2 is 2.19 bits per heavy atom. The summed E-state index contributed by atoms with van der Waals surface area (Å²) in [6.45, 7) is 0. The second kappa shape index (κ2) is 4.45. The lowest BCUT2D eigenvalue weighted by atomic mass is 10.1. The largest absolute Gasteiger partial charge is 0.480 e. The van der Waals surface area contributed by atoms with Gasteiger partial charge in [0.1, 0.15) is 11.8 Å². The molecule has 1 aliphatic carbocycles. The molecular weight excluding hydrogens is 230 g/mol. The van der Waals surface area contributed by atoms with E-state index in [4.69, 9.17) is 5.11 Å². The number of amides is 1. The van der Waals surface area contributed by atoms with Crippen LogP contribution < -0.4 is 0 Å². The number of carbonyl (C=O) groups excluding carboxylic acids is 2. The molecule has 0 radical (unpaired) electrons. The van der Waals surface area contributed by atoms with Crippen molar-refractivity contribution in [1.29, 1.82) is 0 Å². The number of aliphatic carboxylic acids is 1. The Labute approximate surface area is 97.2 Å². The smallest absolute Gasteiger partial charge is 0.327 e. The Bertz CT molecular complexity index is 344. The first-order valence-electron chi connectivity index (χ1n) is 5.22. The summed E-state index contributed by atoms with van der Waals surface area (Å²) in [4.78, 5) is 35.4. The van der Waals surface area contributed by atoms with Gasteiger partial charge in [0, 0.05) is 24.5 Å². The predicted octanol–water partition coefficient (Wildman–Crippen LogP) is 0.342. The summed E-state index contributed by atoms with van der Waals surface area (Å²) < 4.78 is 0. The van der Waals surface area contributed by atoms with E-state index in [9.17, 15) is 14.4 Å². The van der Waals surface area contributed by atoms with Crippen molar-refractivity contribution >= 4 is 29.4 Å². The first-order chi connectivity index (χ1) is 7.59. The molecule has 1 saturated heterocycles. The van der Waals surface area contributed by atoms with Crippen LogP contribution >= 0.6 is 11.8 Å². The highest BCUT2D eigenvalue weighted by Crippen LogP contribution is 2.29. The van der Waals surface area contributed by atoms with Crippen LogP contribution in [-0.4, -0.2) is 45.3 Å². The maximum atomic E-state index is 12.0. The molecule has 0 unspecified atom stereocenters. The normalized spacial score (nSPS) is 29.8. The van der Waals surface area contributed by atoms with Gasteiger partial charge in [-0.2, -0.15) is 0 Å². The number of rotatable bonds is 2. The standard InChI is InChI=1S/C10H13NO4S/c12-7-2-1-6(3-7)9(13)11-5-16-4-8(11)10(14)15/h6,8H,1-5H2,(H,14,15)/t6-,8+/m1/s1. The van der Waals surface area contributed by atoms with E-state index < -0.39 is 12.0 Å². The van der Waals surface area contributed by atoms with E-state index in [-0.39, 0.29) is 24.0 Å². The number of ketones is 1. The van der Waals surface area contributed by atoms with Crippen LogP contribution in [0.15, 0.2) is 0 Å². The van der Waals surface area contributed by atoms with Crippen LogP contribution in [-0.2, 0) is 14.4 Å². The lowest BCUT2D eigenvalue weighted by Gasteiger charge is -2.23. The molecule has 1 aliphatic heterocycles. The number of thioether (sulfide) groups is 1. The minimum absolute atomic E-state index is 0.108. The van der Waals surface area contributed by atoms with Gasteiger partial charge in [0.2, 0.25) is 5.91 Å². The number of hydrogen-bond acceptors (Lipinski definition) is 4. The molecule has 1 N–H and O–H groups in total. The fraction of sp³-hybridized carbons (Fsp3) is 0.700. The van der Waals surface area contributed by atoms with Crippen LogP contribution in [0.1, 0.15) is 19.3 Å². The molecule has 2 atom stereocenters. The van der Waals surface area contributed by atoms with Gasteiger partial charge in [0.25, 0.3) is 0 Å². The average molecular weight is 243 g/mol. The number of carboxylic acid groups (broad SMARTS) is 1. The molecule has 6 heteroatoms. The third-order valence-electron chi connectivity index (χ3n) is 3.05. The molecule has 1 amide bonds. The van der Waals surface area contributed by atoms with Crippen LogP contribution in [0.5, 0.6) is 0 Å². The fourth-order valence-electron chi connectivity index (χ4n) is 2.12. The number of carboxylic acids is 1. The van der Waals surface area contributed by atoms with Gasteiger partial charge in [-0.25, -0.2) is 4.79 Å². The Morgan fingerprint density at radius 3 is 2.75 bits per heavy atom. The zero-order valence-corrected chi connectivity index (χ0v) is 9.53. The number of carbonyl (C=O) groups is 3. The summed E-state index contributed by atoms with van der Waals surface area (Å²) in [6, 6.07) is -0.715. The Kier molecular flexibility index (Phi) is 3.18. The van der Waals surface area contributed by atoms with Crippen molar-refractivity contribution in [2.75, 3.05) is 11.6 Å². The molecule has 88 valence electrons. The van der Waals surface area contributed by atoms with Crippen molar-refractivity contribution < 1.29 is 19.5 Å². The molecule has 2 aliphatic rings. The maximum absolute atomic E-state index is 12.0. The summed E-state index contributed by atoms with van der Waals surface area (Å²) in [5.41, 5.74) is 0. The van der Waals surface area contributed by atoms with Crippen molar-refractivity contribution in [3.05, 3.63) is 0 Å². The third-order valence-corrected chi connectivity index (χ3v) is 4.06. The molecule has 0 spiro atoms. The molecule has 2 fully saturated rings. The minimum Gasteiger partial charge on any atom is -0.480 e. The van der Waals surface area contributed by atoms with Gasteiger partial charge < -0.3 is 10.0 Å². The Balaban J connectivity index is 2.03. The lowest BCUT2D eigenvalue weighted by Crippen LogP contribution is -2.44. The topological polar surface area (TPSA) is 74.7 Å². The lowest BCUT2D eigenvalue weighted by molar-refractivity contribution is -0.149. The van der Waals surface area contributed by atoms with Gasteiger partial charge in [0.05, 0.1) is 5.88 Å². The summed E-state index contributed by atoms with van der Waals surface area (Å²) in [7, 11) is 0. The summed E-state index contributed by atoms with van der Waals surface area (Å²) >= 11 is 1.45. The van der Waals surface area contributed by atoms with E-state index in [1.54, 1.807) is 0 Å². The van der Waals surface area contributed by atoms with Crippen molar-refractivity contribution in [3.8, 4) is 0 Å². The van der Waals surface area contributed by atoms with E-state index in [0.29, 0.717) is 24.5 Å². The molecule has 1 heterocycles. The molecule has 0 aromatic rings.